The smallest absolute Gasteiger partial charge is 0.265 e. The van der Waals surface area contributed by atoms with Crippen LogP contribution in [0.5, 0.6) is 0 Å². The topological polar surface area (TPSA) is 61.4 Å². The highest BCUT2D eigenvalue weighted by molar-refractivity contribution is 6.30. The maximum absolute atomic E-state index is 13.0. The van der Waals surface area contributed by atoms with Crippen LogP contribution >= 0.6 is 11.6 Å². The van der Waals surface area contributed by atoms with Crippen molar-refractivity contribution in [2.75, 3.05) is 13.1 Å². The molecular weight excluding hydrogens is 350 g/mol. The number of likely N-dealkylation sites (tertiary alicyclic amines) is 1. The summed E-state index contributed by atoms with van der Waals surface area (Å²) in [5.41, 5.74) is 6.87. The van der Waals surface area contributed by atoms with Gasteiger partial charge in [0.25, 0.3) is 5.91 Å². The van der Waals surface area contributed by atoms with E-state index in [1.165, 1.54) is 0 Å². The van der Waals surface area contributed by atoms with E-state index in [-0.39, 0.29) is 11.8 Å². The van der Waals surface area contributed by atoms with Gasteiger partial charge in [-0.2, -0.15) is 0 Å². The monoisotopic (exact) mass is 371 g/mol. The van der Waals surface area contributed by atoms with Gasteiger partial charge in [-0.1, -0.05) is 41.9 Å². The highest BCUT2D eigenvalue weighted by Gasteiger charge is 2.27. The van der Waals surface area contributed by atoms with Gasteiger partial charge >= 0.3 is 0 Å². The minimum atomic E-state index is -0.620. The number of hydrogen-bond acceptors (Lipinski definition) is 3. The summed E-state index contributed by atoms with van der Waals surface area (Å²) in [6, 6.07) is 15.4. The molecule has 1 heterocycles. The van der Waals surface area contributed by atoms with Crippen LogP contribution in [-0.4, -0.2) is 29.8 Å². The third-order valence-electron chi connectivity index (χ3n) is 4.48. The summed E-state index contributed by atoms with van der Waals surface area (Å²) >= 11 is 5.85. The second-order valence-corrected chi connectivity index (χ2v) is 6.77. The van der Waals surface area contributed by atoms with E-state index in [9.17, 15) is 9.59 Å². The summed E-state index contributed by atoms with van der Waals surface area (Å²) in [5, 5.41) is 0.567. The average Bonchev–Trinajstić information content (AvgIpc) is 2.70. The summed E-state index contributed by atoms with van der Waals surface area (Å²) in [7, 11) is 0. The molecule has 5 nitrogen and oxygen atoms in total. The van der Waals surface area contributed by atoms with Gasteiger partial charge in [-0.3, -0.25) is 15.0 Å². The fraction of sp³-hybridized carbons (Fsp3) is 0.300. The van der Waals surface area contributed by atoms with Crippen LogP contribution in [0.25, 0.3) is 0 Å². The van der Waals surface area contributed by atoms with Crippen molar-refractivity contribution >= 4 is 23.4 Å². The first-order chi connectivity index (χ1) is 12.6. The Kier molecular flexibility index (Phi) is 6.26. The molecule has 6 heteroatoms. The zero-order chi connectivity index (χ0) is 18.4. The van der Waals surface area contributed by atoms with Crippen LogP contribution < -0.4 is 10.9 Å². The minimum Gasteiger partial charge on any atom is -0.341 e. The maximum Gasteiger partial charge on any atom is 0.265 e. The van der Waals surface area contributed by atoms with Crippen LogP contribution in [0.4, 0.5) is 0 Å². The Bertz CT molecular complexity index is 743. The van der Waals surface area contributed by atoms with Crippen molar-refractivity contribution < 1.29 is 9.59 Å². The molecule has 0 aliphatic carbocycles. The predicted octanol–water partition coefficient (Wildman–Crippen LogP) is 3.33. The van der Waals surface area contributed by atoms with E-state index in [1.54, 1.807) is 24.3 Å². The molecule has 1 atom stereocenters. The molecule has 2 N–H and O–H groups in total. The lowest BCUT2D eigenvalue weighted by molar-refractivity contribution is -0.134. The summed E-state index contributed by atoms with van der Waals surface area (Å²) in [6.07, 6.45) is 3.19. The van der Waals surface area contributed by atoms with Gasteiger partial charge in [0, 0.05) is 23.7 Å². The minimum absolute atomic E-state index is 0.0210. The molecule has 0 radical (unpaired) electrons. The van der Waals surface area contributed by atoms with Crippen molar-refractivity contribution in [3.05, 3.63) is 70.7 Å². The van der Waals surface area contributed by atoms with E-state index in [4.69, 9.17) is 11.6 Å². The van der Waals surface area contributed by atoms with E-state index in [1.807, 2.05) is 35.2 Å². The molecular formula is C20H22ClN3O2. The van der Waals surface area contributed by atoms with Crippen molar-refractivity contribution in [1.29, 1.82) is 0 Å². The maximum atomic E-state index is 13.0. The molecule has 0 bridgehead atoms. The van der Waals surface area contributed by atoms with E-state index in [0.29, 0.717) is 10.6 Å². The van der Waals surface area contributed by atoms with Gasteiger partial charge in [0.15, 0.2) is 0 Å². The number of nitrogens with zero attached hydrogens (tertiary/aromatic N) is 1. The lowest BCUT2D eigenvalue weighted by Gasteiger charge is -2.31. The number of hydrogen-bond donors (Lipinski definition) is 2. The second kappa shape index (κ2) is 8.83. The van der Waals surface area contributed by atoms with Crippen LogP contribution in [0, 0.1) is 0 Å². The molecule has 1 fully saturated rings. The summed E-state index contributed by atoms with van der Waals surface area (Å²) in [6.45, 7) is 1.52. The number of rotatable bonds is 5. The Labute approximate surface area is 158 Å². The van der Waals surface area contributed by atoms with Crippen LogP contribution in [0.3, 0.4) is 0 Å². The first-order valence-corrected chi connectivity index (χ1v) is 9.18. The third kappa shape index (κ3) is 4.62. The molecule has 3 rings (SSSR count). The number of piperidine rings is 1. The van der Waals surface area contributed by atoms with Gasteiger partial charge in [-0.15, -0.1) is 0 Å². The van der Waals surface area contributed by atoms with Crippen molar-refractivity contribution in [2.24, 2.45) is 0 Å². The van der Waals surface area contributed by atoms with Gasteiger partial charge < -0.3 is 4.90 Å². The molecule has 1 aliphatic heterocycles. The molecule has 1 aliphatic rings. The van der Waals surface area contributed by atoms with Crippen molar-refractivity contribution in [1.82, 2.24) is 15.8 Å². The zero-order valence-electron chi connectivity index (χ0n) is 14.5. The highest BCUT2D eigenvalue weighted by atomic mass is 35.5. The molecule has 136 valence electrons. The van der Waals surface area contributed by atoms with E-state index < -0.39 is 6.04 Å². The molecule has 2 aromatic carbocycles. The van der Waals surface area contributed by atoms with Crippen LogP contribution in [0.2, 0.25) is 5.02 Å². The fourth-order valence-corrected chi connectivity index (χ4v) is 3.17. The Hall–Kier alpha value is -2.37. The first kappa shape index (κ1) is 18.4. The predicted molar refractivity (Wildman–Crippen MR) is 102 cm³/mol. The number of amides is 2. The van der Waals surface area contributed by atoms with E-state index in [2.05, 4.69) is 10.9 Å². The molecule has 1 unspecified atom stereocenters. The SMILES string of the molecule is O=C(NNC(C(=O)N1CCCCC1)c1ccccc1)c1ccc(Cl)cc1. The fourth-order valence-electron chi connectivity index (χ4n) is 3.04. The second-order valence-electron chi connectivity index (χ2n) is 6.33. The number of nitrogens with one attached hydrogen (secondary N) is 2. The van der Waals surface area contributed by atoms with Gasteiger partial charge in [-0.25, -0.2) is 5.43 Å². The number of carbonyl (C=O) groups is 2. The number of benzene rings is 2. The Morgan fingerprint density at radius 1 is 0.923 bits per heavy atom. The van der Waals surface area contributed by atoms with Crippen molar-refractivity contribution in [2.45, 2.75) is 25.3 Å². The quantitative estimate of drug-likeness (QED) is 0.792. The summed E-state index contributed by atoms with van der Waals surface area (Å²) < 4.78 is 0. The zero-order valence-corrected chi connectivity index (χ0v) is 15.2. The highest BCUT2D eigenvalue weighted by Crippen LogP contribution is 2.19. The van der Waals surface area contributed by atoms with Gasteiger partial charge in [0.1, 0.15) is 6.04 Å². The lowest BCUT2D eigenvalue weighted by atomic mass is 10.0. The largest absolute Gasteiger partial charge is 0.341 e. The molecule has 0 aromatic heterocycles. The van der Waals surface area contributed by atoms with Crippen LogP contribution in [0.1, 0.15) is 41.2 Å². The van der Waals surface area contributed by atoms with Gasteiger partial charge in [0.2, 0.25) is 5.91 Å². The van der Waals surface area contributed by atoms with E-state index >= 15 is 0 Å². The summed E-state index contributed by atoms with van der Waals surface area (Å²) in [5.74, 6) is -0.332. The number of halogens is 1. The van der Waals surface area contributed by atoms with Crippen molar-refractivity contribution in [3.63, 3.8) is 0 Å². The summed E-state index contributed by atoms with van der Waals surface area (Å²) in [4.78, 5) is 27.2. The molecule has 1 saturated heterocycles. The normalized spacial score (nSPS) is 15.3. The lowest BCUT2D eigenvalue weighted by Crippen LogP contribution is -2.48. The van der Waals surface area contributed by atoms with Gasteiger partial charge in [-0.05, 0) is 49.1 Å². The van der Waals surface area contributed by atoms with E-state index in [0.717, 1.165) is 37.9 Å². The molecule has 0 saturated carbocycles. The molecule has 2 aromatic rings. The first-order valence-electron chi connectivity index (χ1n) is 8.80. The van der Waals surface area contributed by atoms with Crippen molar-refractivity contribution in [3.8, 4) is 0 Å². The van der Waals surface area contributed by atoms with Crippen LogP contribution in [0.15, 0.2) is 54.6 Å². The Morgan fingerprint density at radius 3 is 2.23 bits per heavy atom. The average molecular weight is 372 g/mol. The van der Waals surface area contributed by atoms with Crippen LogP contribution in [-0.2, 0) is 4.79 Å². The third-order valence-corrected chi connectivity index (χ3v) is 4.74. The number of carbonyl (C=O) groups excluding carboxylic acids is 2. The van der Waals surface area contributed by atoms with Gasteiger partial charge in [0.05, 0.1) is 0 Å². The Morgan fingerprint density at radius 2 is 1.58 bits per heavy atom. The standard InChI is InChI=1S/C20H22ClN3O2/c21-17-11-9-16(10-12-17)19(25)23-22-18(15-7-3-1-4-8-15)20(26)24-13-5-2-6-14-24/h1,3-4,7-12,18,22H,2,5-6,13-14H2,(H,23,25). The molecule has 2 amide bonds. The number of hydrazine groups is 1. The molecule has 26 heavy (non-hydrogen) atoms. The Balaban J connectivity index is 1.72. The molecule has 0 spiro atoms.